The monoisotopic (exact) mass is 409 g/mol. The number of hydrogen-bond acceptors (Lipinski definition) is 6. The fourth-order valence-corrected chi connectivity index (χ4v) is 5.22. The molecule has 0 radical (unpaired) electrons. The van der Waals surface area contributed by atoms with Gasteiger partial charge in [-0.05, 0) is 19.4 Å². The summed E-state index contributed by atoms with van der Waals surface area (Å²) in [4.78, 5) is 37.6. The molecule has 7 nitrogen and oxygen atoms in total. The molecule has 8 heteroatoms. The first kappa shape index (κ1) is 18.1. The van der Waals surface area contributed by atoms with Crippen LogP contribution < -0.4 is 5.32 Å². The molecule has 0 bridgehead atoms. The summed E-state index contributed by atoms with van der Waals surface area (Å²) >= 11 is 1.41. The van der Waals surface area contributed by atoms with Crippen LogP contribution in [0.15, 0.2) is 46.3 Å². The molecule has 0 saturated heterocycles. The summed E-state index contributed by atoms with van der Waals surface area (Å²) in [5.74, 6) is -0.184. The van der Waals surface area contributed by atoms with Gasteiger partial charge in [-0.15, -0.1) is 11.3 Å². The van der Waals surface area contributed by atoms with Crippen LogP contribution in [0.1, 0.15) is 20.3 Å². The third-order valence-electron chi connectivity index (χ3n) is 6.23. The van der Waals surface area contributed by atoms with Crippen LogP contribution in [0.3, 0.4) is 0 Å². The molecule has 2 atom stereocenters. The van der Waals surface area contributed by atoms with Crippen molar-refractivity contribution in [2.75, 3.05) is 18.9 Å². The van der Waals surface area contributed by atoms with E-state index in [-0.39, 0.29) is 25.3 Å². The topological polar surface area (TPSA) is 77.9 Å². The molecule has 3 heterocycles. The van der Waals surface area contributed by atoms with E-state index in [0.29, 0.717) is 5.13 Å². The van der Waals surface area contributed by atoms with Crippen molar-refractivity contribution in [1.82, 2.24) is 14.8 Å². The summed E-state index contributed by atoms with van der Waals surface area (Å²) in [6, 6.07) is 8.14. The van der Waals surface area contributed by atoms with Crippen molar-refractivity contribution in [3.8, 4) is 11.3 Å². The molecular formula is C21H23N5O2S. The number of carbonyl (C=O) groups excluding carboxylic acids is 2. The molecular weight excluding hydrogens is 386 g/mol. The summed E-state index contributed by atoms with van der Waals surface area (Å²) in [5.41, 5.74) is 3.09. The van der Waals surface area contributed by atoms with Gasteiger partial charge in [0.2, 0.25) is 11.8 Å². The van der Waals surface area contributed by atoms with E-state index in [1.165, 1.54) is 16.9 Å². The third kappa shape index (κ3) is 2.48. The predicted molar refractivity (Wildman–Crippen MR) is 115 cm³/mol. The lowest BCUT2D eigenvalue weighted by Crippen LogP contribution is -2.51. The zero-order valence-electron chi connectivity index (χ0n) is 16.5. The Balaban J connectivity index is 0.00000218. The minimum Gasteiger partial charge on any atom is -0.340 e. The SMILES string of the molecule is CC1=CC(=O)N(C)C23CC12N(CC(=O)Nc1nc(-c2ccc(C)cc2)cs1)C=N3.[HH]. The summed E-state index contributed by atoms with van der Waals surface area (Å²) in [6.07, 6.45) is 4.08. The summed E-state index contributed by atoms with van der Waals surface area (Å²) in [6.45, 7) is 4.15. The highest BCUT2D eigenvalue weighted by molar-refractivity contribution is 7.14. The van der Waals surface area contributed by atoms with Crippen molar-refractivity contribution in [2.24, 2.45) is 4.99 Å². The quantitative estimate of drug-likeness (QED) is 0.842. The number of aromatic nitrogens is 1. The lowest BCUT2D eigenvalue weighted by Gasteiger charge is -2.35. The Morgan fingerprint density at radius 2 is 2.07 bits per heavy atom. The van der Waals surface area contributed by atoms with Gasteiger partial charge in [-0.25, -0.2) is 9.98 Å². The summed E-state index contributed by atoms with van der Waals surface area (Å²) in [7, 11) is 1.77. The van der Waals surface area contributed by atoms with Crippen LogP contribution in [-0.2, 0) is 9.59 Å². The highest BCUT2D eigenvalue weighted by Crippen LogP contribution is 2.64. The van der Waals surface area contributed by atoms with Crippen molar-refractivity contribution in [3.63, 3.8) is 0 Å². The normalized spacial score (nSPS) is 26.9. The summed E-state index contributed by atoms with van der Waals surface area (Å²) in [5, 5.41) is 5.41. The first-order valence-corrected chi connectivity index (χ1v) is 10.3. The van der Waals surface area contributed by atoms with E-state index in [9.17, 15) is 9.59 Å². The number of nitrogens with one attached hydrogen (secondary N) is 1. The molecule has 29 heavy (non-hydrogen) atoms. The molecule has 2 aromatic rings. The number of nitrogens with zero attached hydrogens (tertiary/aromatic N) is 4. The van der Waals surface area contributed by atoms with E-state index in [1.807, 2.05) is 48.4 Å². The standard InChI is InChI=1S/C21H21N5O2S.H2/c1-13-4-6-15(7-5-13)16-10-29-19(23-16)24-17(27)9-26-12-22-21-11-20(21,26)14(2)8-18(28)25(21)3;/h4-8,10,12H,9,11H2,1-3H3,(H,23,24,27);1H. The van der Waals surface area contributed by atoms with Crippen molar-refractivity contribution >= 4 is 34.6 Å². The highest BCUT2D eigenvalue weighted by Gasteiger charge is 2.79. The second-order valence-corrected chi connectivity index (χ2v) is 8.76. The van der Waals surface area contributed by atoms with Gasteiger partial charge in [-0.2, -0.15) is 0 Å². The Kier molecular flexibility index (Phi) is 3.73. The van der Waals surface area contributed by atoms with E-state index in [4.69, 9.17) is 0 Å². The molecule has 1 aliphatic carbocycles. The molecule has 1 aromatic carbocycles. The Labute approximate surface area is 174 Å². The zero-order chi connectivity index (χ0) is 20.4. The number of likely N-dealkylation sites (N-methyl/N-ethyl adjacent to an activating group) is 1. The number of benzene rings is 1. The first-order valence-electron chi connectivity index (χ1n) is 9.47. The van der Waals surface area contributed by atoms with Gasteiger partial charge in [0.05, 0.1) is 18.6 Å². The minimum absolute atomic E-state index is 0. The third-order valence-corrected chi connectivity index (χ3v) is 6.99. The van der Waals surface area contributed by atoms with Crippen LogP contribution in [0, 0.1) is 6.92 Å². The van der Waals surface area contributed by atoms with Gasteiger partial charge < -0.3 is 15.1 Å². The minimum atomic E-state index is -0.553. The number of rotatable bonds is 4. The van der Waals surface area contributed by atoms with E-state index < -0.39 is 5.66 Å². The van der Waals surface area contributed by atoms with Crippen LogP contribution >= 0.6 is 11.3 Å². The lowest BCUT2D eigenvalue weighted by atomic mass is 9.99. The fourth-order valence-electron chi connectivity index (χ4n) is 4.49. The molecule has 150 valence electrons. The van der Waals surface area contributed by atoms with Crippen molar-refractivity contribution in [3.05, 3.63) is 46.9 Å². The molecule has 5 rings (SSSR count). The maximum atomic E-state index is 12.7. The number of carbonyl (C=O) groups is 2. The molecule has 2 amide bonds. The molecule has 1 N–H and O–H groups in total. The van der Waals surface area contributed by atoms with Crippen LogP contribution in [0.5, 0.6) is 0 Å². The van der Waals surface area contributed by atoms with Crippen LogP contribution in [-0.4, -0.2) is 57.7 Å². The number of aryl methyl sites for hydroxylation is 1. The summed E-state index contributed by atoms with van der Waals surface area (Å²) < 4.78 is 0. The maximum absolute atomic E-state index is 12.7. The Bertz CT molecular complexity index is 1100. The largest absolute Gasteiger partial charge is 0.340 e. The highest BCUT2D eigenvalue weighted by atomic mass is 32.1. The predicted octanol–water partition coefficient (Wildman–Crippen LogP) is 2.90. The van der Waals surface area contributed by atoms with Gasteiger partial charge in [-0.1, -0.05) is 29.8 Å². The van der Waals surface area contributed by atoms with Crippen LogP contribution in [0.2, 0.25) is 0 Å². The molecule has 1 saturated carbocycles. The van der Waals surface area contributed by atoms with Gasteiger partial charge in [0.15, 0.2) is 10.8 Å². The second-order valence-electron chi connectivity index (χ2n) is 7.90. The number of amides is 2. The Morgan fingerprint density at radius 3 is 2.83 bits per heavy atom. The van der Waals surface area contributed by atoms with Gasteiger partial charge in [0.1, 0.15) is 5.54 Å². The van der Waals surface area contributed by atoms with E-state index in [2.05, 4.69) is 15.3 Å². The smallest absolute Gasteiger partial charge is 0.248 e. The number of hydrogen-bond donors (Lipinski definition) is 1. The van der Waals surface area contributed by atoms with Crippen molar-refractivity contribution in [1.29, 1.82) is 0 Å². The van der Waals surface area contributed by atoms with Crippen LogP contribution in [0.25, 0.3) is 11.3 Å². The average Bonchev–Trinajstić information content (AvgIpc) is 3.01. The van der Waals surface area contributed by atoms with Gasteiger partial charge in [-0.3, -0.25) is 9.59 Å². The fraction of sp³-hybridized carbons (Fsp3) is 0.333. The van der Waals surface area contributed by atoms with Gasteiger partial charge in [0, 0.05) is 31.9 Å². The molecule has 3 aliphatic rings. The Hall–Kier alpha value is -3.00. The maximum Gasteiger partial charge on any atom is 0.248 e. The van der Waals surface area contributed by atoms with Crippen molar-refractivity contribution in [2.45, 2.75) is 31.5 Å². The molecule has 1 fully saturated rings. The molecule has 0 spiro atoms. The van der Waals surface area contributed by atoms with E-state index in [1.54, 1.807) is 24.4 Å². The molecule has 2 unspecified atom stereocenters. The average molecular weight is 410 g/mol. The van der Waals surface area contributed by atoms with E-state index in [0.717, 1.165) is 23.3 Å². The zero-order valence-corrected chi connectivity index (χ0v) is 17.3. The molecule has 2 aliphatic heterocycles. The number of thiazole rings is 1. The second kappa shape index (κ2) is 6.00. The first-order chi connectivity index (χ1) is 13.9. The molecule has 1 aromatic heterocycles. The Morgan fingerprint density at radius 1 is 1.31 bits per heavy atom. The number of aliphatic imine (C=N–C) groups is 1. The van der Waals surface area contributed by atoms with E-state index >= 15 is 0 Å². The number of anilines is 1. The lowest BCUT2D eigenvalue weighted by molar-refractivity contribution is -0.128. The van der Waals surface area contributed by atoms with Gasteiger partial charge >= 0.3 is 0 Å². The van der Waals surface area contributed by atoms with Crippen LogP contribution in [0.4, 0.5) is 5.13 Å². The van der Waals surface area contributed by atoms with Crippen molar-refractivity contribution < 1.29 is 11.0 Å². The van der Waals surface area contributed by atoms with Gasteiger partial charge in [0.25, 0.3) is 0 Å².